The van der Waals surface area contributed by atoms with Crippen LogP contribution in [0.25, 0.3) is 11.0 Å². The molecule has 0 saturated heterocycles. The number of fused-ring (bicyclic) bond motifs is 1. The van der Waals surface area contributed by atoms with Crippen molar-refractivity contribution in [3.05, 3.63) is 76.7 Å². The van der Waals surface area contributed by atoms with Crippen LogP contribution in [0.3, 0.4) is 0 Å². The molecule has 3 rings (SSSR count). The molecule has 0 spiro atoms. The van der Waals surface area contributed by atoms with Crippen LogP contribution in [0, 0.1) is 0 Å². The van der Waals surface area contributed by atoms with Gasteiger partial charge in [0.15, 0.2) is 5.75 Å². The number of ether oxygens (including phenoxy) is 3. The summed E-state index contributed by atoms with van der Waals surface area (Å²) >= 11 is 0. The molecule has 7 heteroatoms. The normalized spacial score (nSPS) is 10.9. The Morgan fingerprint density at radius 2 is 1.77 bits per heavy atom. The van der Waals surface area contributed by atoms with E-state index in [0.29, 0.717) is 11.8 Å². The zero-order valence-electron chi connectivity index (χ0n) is 17.3. The molecular weight excluding hydrogens is 400 g/mol. The van der Waals surface area contributed by atoms with Crippen molar-refractivity contribution in [1.82, 2.24) is 0 Å². The van der Waals surface area contributed by atoms with Crippen LogP contribution in [0.15, 0.2) is 69.9 Å². The molecule has 0 unspecified atom stereocenters. The highest BCUT2D eigenvalue weighted by Crippen LogP contribution is 2.35. The molecule has 0 saturated carbocycles. The van der Waals surface area contributed by atoms with E-state index in [2.05, 4.69) is 0 Å². The van der Waals surface area contributed by atoms with Crippen LogP contribution in [0.1, 0.15) is 37.0 Å². The zero-order valence-corrected chi connectivity index (χ0v) is 17.3. The Morgan fingerprint density at radius 3 is 2.48 bits per heavy atom. The van der Waals surface area contributed by atoms with Gasteiger partial charge in [-0.1, -0.05) is 37.3 Å². The summed E-state index contributed by atoms with van der Waals surface area (Å²) in [5.74, 6) is -1.24. The monoisotopic (exact) mass is 422 g/mol. The first kappa shape index (κ1) is 21.8. The van der Waals surface area contributed by atoms with Crippen LogP contribution in [0.5, 0.6) is 17.2 Å². The smallest absolute Gasteiger partial charge is 0.383 e. The van der Waals surface area contributed by atoms with Crippen molar-refractivity contribution in [1.29, 1.82) is 0 Å². The number of carbonyl (C=O) groups excluding carboxylic acids is 2. The molecular formula is C24H22O7. The summed E-state index contributed by atoms with van der Waals surface area (Å²) in [5.41, 5.74) is -0.456. The van der Waals surface area contributed by atoms with Gasteiger partial charge >= 0.3 is 17.6 Å². The maximum atomic E-state index is 12.6. The van der Waals surface area contributed by atoms with Crippen molar-refractivity contribution >= 4 is 22.9 Å². The Labute approximate surface area is 178 Å². The number of esters is 2. The Balaban J connectivity index is 2.01. The Bertz CT molecular complexity index is 1160. The number of benzene rings is 2. The molecule has 7 nitrogen and oxygen atoms in total. The van der Waals surface area contributed by atoms with Crippen molar-refractivity contribution in [2.24, 2.45) is 0 Å². The zero-order chi connectivity index (χ0) is 22.2. The lowest BCUT2D eigenvalue weighted by Gasteiger charge is -2.13. The summed E-state index contributed by atoms with van der Waals surface area (Å²) in [4.78, 5) is 36.4. The first-order valence-corrected chi connectivity index (χ1v) is 9.84. The molecule has 0 N–H and O–H groups in total. The minimum atomic E-state index is -0.879. The maximum Gasteiger partial charge on any atom is 0.383 e. The SMILES string of the molecule is CC/C=C/CCOc1c(OC(=O)c2ccccc2)c(=O)oc2cc(OC(C)=O)ccc12. The fourth-order valence-electron chi connectivity index (χ4n) is 2.84. The fraction of sp³-hybridized carbons (Fsp3) is 0.208. The molecule has 0 bridgehead atoms. The van der Waals surface area contributed by atoms with Crippen molar-refractivity contribution < 1.29 is 28.2 Å². The van der Waals surface area contributed by atoms with Crippen LogP contribution in [-0.4, -0.2) is 18.5 Å². The first-order valence-electron chi connectivity index (χ1n) is 9.84. The lowest BCUT2D eigenvalue weighted by molar-refractivity contribution is -0.131. The highest BCUT2D eigenvalue weighted by Gasteiger charge is 2.22. The predicted octanol–water partition coefficient (Wildman–Crippen LogP) is 4.67. The Kier molecular flexibility index (Phi) is 7.22. The summed E-state index contributed by atoms with van der Waals surface area (Å²) in [6.45, 7) is 3.55. The van der Waals surface area contributed by atoms with Gasteiger partial charge < -0.3 is 18.6 Å². The molecule has 3 aromatic rings. The van der Waals surface area contributed by atoms with E-state index in [0.717, 1.165) is 6.42 Å². The lowest BCUT2D eigenvalue weighted by atomic mass is 10.2. The maximum absolute atomic E-state index is 12.6. The van der Waals surface area contributed by atoms with E-state index in [9.17, 15) is 14.4 Å². The molecule has 0 atom stereocenters. The Morgan fingerprint density at radius 1 is 1.00 bits per heavy atom. The van der Waals surface area contributed by atoms with Gasteiger partial charge in [-0.2, -0.15) is 0 Å². The van der Waals surface area contributed by atoms with Crippen molar-refractivity contribution in [3.63, 3.8) is 0 Å². The number of carbonyl (C=O) groups is 2. The molecule has 2 aromatic carbocycles. The highest BCUT2D eigenvalue weighted by molar-refractivity contribution is 5.93. The van der Waals surface area contributed by atoms with Crippen LogP contribution in [-0.2, 0) is 4.79 Å². The van der Waals surface area contributed by atoms with E-state index in [1.165, 1.54) is 19.1 Å². The van der Waals surface area contributed by atoms with Crippen LogP contribution < -0.4 is 19.8 Å². The van der Waals surface area contributed by atoms with Gasteiger partial charge in [0.05, 0.1) is 17.6 Å². The second-order valence-corrected chi connectivity index (χ2v) is 6.57. The second kappa shape index (κ2) is 10.2. The van der Waals surface area contributed by atoms with Gasteiger partial charge in [-0.15, -0.1) is 0 Å². The van der Waals surface area contributed by atoms with Crippen molar-refractivity contribution in [2.45, 2.75) is 26.7 Å². The number of hydrogen-bond donors (Lipinski definition) is 0. The van der Waals surface area contributed by atoms with Gasteiger partial charge in [0.25, 0.3) is 5.75 Å². The second-order valence-electron chi connectivity index (χ2n) is 6.57. The predicted molar refractivity (Wildman–Crippen MR) is 115 cm³/mol. The van der Waals surface area contributed by atoms with Gasteiger partial charge in [0.1, 0.15) is 11.3 Å². The van der Waals surface area contributed by atoms with E-state index < -0.39 is 17.6 Å². The van der Waals surface area contributed by atoms with E-state index in [1.54, 1.807) is 36.4 Å². The Hall–Kier alpha value is -3.87. The van der Waals surface area contributed by atoms with Crippen LogP contribution >= 0.6 is 0 Å². The molecule has 0 amide bonds. The molecule has 160 valence electrons. The lowest BCUT2D eigenvalue weighted by Crippen LogP contribution is -2.16. The first-order chi connectivity index (χ1) is 15.0. The summed E-state index contributed by atoms with van der Waals surface area (Å²) in [6.07, 6.45) is 5.47. The molecule has 31 heavy (non-hydrogen) atoms. The average molecular weight is 422 g/mol. The van der Waals surface area contributed by atoms with Gasteiger partial charge in [-0.3, -0.25) is 4.79 Å². The molecule has 0 aliphatic rings. The third kappa shape index (κ3) is 5.60. The molecule has 1 heterocycles. The molecule has 0 fully saturated rings. The summed E-state index contributed by atoms with van der Waals surface area (Å²) < 4.78 is 21.6. The van der Waals surface area contributed by atoms with Crippen LogP contribution in [0.4, 0.5) is 0 Å². The van der Waals surface area contributed by atoms with Crippen molar-refractivity contribution in [3.8, 4) is 17.2 Å². The average Bonchev–Trinajstić information content (AvgIpc) is 2.75. The summed E-state index contributed by atoms with van der Waals surface area (Å²) in [6, 6.07) is 12.8. The molecule has 1 aromatic heterocycles. The standard InChI is InChI=1S/C24H22O7/c1-3-4-5-9-14-28-21-19-13-12-18(29-16(2)25)15-20(19)30-24(27)22(21)31-23(26)17-10-7-6-8-11-17/h4-8,10-13,15H,3,9,14H2,1-2H3/b5-4+. The quantitative estimate of drug-likeness (QED) is 0.171. The number of hydrogen-bond acceptors (Lipinski definition) is 7. The highest BCUT2D eigenvalue weighted by atomic mass is 16.6. The van der Waals surface area contributed by atoms with Crippen molar-refractivity contribution in [2.75, 3.05) is 6.61 Å². The number of rotatable bonds is 8. The van der Waals surface area contributed by atoms with Gasteiger partial charge in [-0.05, 0) is 37.1 Å². The van der Waals surface area contributed by atoms with Gasteiger partial charge in [0, 0.05) is 13.0 Å². The third-order valence-electron chi connectivity index (χ3n) is 4.19. The minimum Gasteiger partial charge on any atom is -0.488 e. The topological polar surface area (TPSA) is 92.0 Å². The van der Waals surface area contributed by atoms with E-state index >= 15 is 0 Å². The largest absolute Gasteiger partial charge is 0.488 e. The fourth-order valence-corrected chi connectivity index (χ4v) is 2.84. The van der Waals surface area contributed by atoms with E-state index in [-0.39, 0.29) is 35.0 Å². The molecule has 0 radical (unpaired) electrons. The van der Waals surface area contributed by atoms with Gasteiger partial charge in [0.2, 0.25) is 0 Å². The van der Waals surface area contributed by atoms with Gasteiger partial charge in [-0.25, -0.2) is 9.59 Å². The summed E-state index contributed by atoms with van der Waals surface area (Å²) in [5, 5.41) is 0.408. The molecule has 0 aliphatic carbocycles. The van der Waals surface area contributed by atoms with E-state index in [1.807, 2.05) is 19.1 Å². The summed E-state index contributed by atoms with van der Waals surface area (Å²) in [7, 11) is 0. The van der Waals surface area contributed by atoms with Crippen LogP contribution in [0.2, 0.25) is 0 Å². The third-order valence-corrected chi connectivity index (χ3v) is 4.19. The molecule has 0 aliphatic heterocycles. The van der Waals surface area contributed by atoms with E-state index in [4.69, 9.17) is 18.6 Å². The number of allylic oxidation sites excluding steroid dienone is 1. The minimum absolute atomic E-state index is 0.0924.